The van der Waals surface area contributed by atoms with E-state index in [1.54, 1.807) is 12.1 Å². The van der Waals surface area contributed by atoms with Gasteiger partial charge in [0.25, 0.3) is 0 Å². The smallest absolute Gasteiger partial charge is 0.225 e. The molecule has 2 fully saturated rings. The number of pyridine rings is 1. The molecule has 0 radical (unpaired) electrons. The number of anilines is 2. The summed E-state index contributed by atoms with van der Waals surface area (Å²) in [6.45, 7) is 8.04. The predicted molar refractivity (Wildman–Crippen MR) is 158 cm³/mol. The normalized spacial score (nSPS) is 20.8. The zero-order valence-electron chi connectivity index (χ0n) is 23.2. The summed E-state index contributed by atoms with van der Waals surface area (Å²) < 4.78 is 0. The first-order valence-electron chi connectivity index (χ1n) is 14.5. The molecule has 0 bridgehead atoms. The number of likely N-dealkylation sites (tertiary alicyclic amines) is 2. The SMILES string of the molecule is CC1CCCCN1CCC(=O)Nc1ccc2[nH]c3ccc(NC(=O)CCN4CCCCC4C)cc3c(=O)c2c1. The van der Waals surface area contributed by atoms with Crippen LogP contribution in [0.25, 0.3) is 21.8 Å². The van der Waals surface area contributed by atoms with E-state index in [-0.39, 0.29) is 17.2 Å². The average Bonchev–Trinajstić information content (AvgIpc) is 2.93. The monoisotopic (exact) mass is 531 g/mol. The number of benzene rings is 2. The van der Waals surface area contributed by atoms with Crippen LogP contribution in [0.2, 0.25) is 0 Å². The summed E-state index contributed by atoms with van der Waals surface area (Å²) in [5.41, 5.74) is 2.51. The highest BCUT2D eigenvalue weighted by Gasteiger charge is 2.20. The van der Waals surface area contributed by atoms with E-state index < -0.39 is 0 Å². The van der Waals surface area contributed by atoms with Gasteiger partial charge in [0, 0.05) is 71.2 Å². The van der Waals surface area contributed by atoms with Gasteiger partial charge in [0.15, 0.2) is 5.43 Å². The molecule has 208 valence electrons. The minimum atomic E-state index is -0.129. The molecule has 2 aromatic carbocycles. The van der Waals surface area contributed by atoms with E-state index in [9.17, 15) is 14.4 Å². The number of amides is 2. The Hall–Kier alpha value is -3.23. The number of hydrogen-bond donors (Lipinski definition) is 3. The number of hydrogen-bond acceptors (Lipinski definition) is 5. The van der Waals surface area contributed by atoms with Gasteiger partial charge in [0.2, 0.25) is 11.8 Å². The van der Waals surface area contributed by atoms with Crippen LogP contribution < -0.4 is 16.1 Å². The second-order valence-electron chi connectivity index (χ2n) is 11.3. The lowest BCUT2D eigenvalue weighted by molar-refractivity contribution is -0.117. The summed E-state index contributed by atoms with van der Waals surface area (Å²) in [4.78, 5) is 46.8. The Morgan fingerprint density at radius 2 is 1.23 bits per heavy atom. The van der Waals surface area contributed by atoms with Crippen LogP contribution in [0.5, 0.6) is 0 Å². The molecular weight excluding hydrogens is 490 g/mol. The average molecular weight is 532 g/mol. The highest BCUT2D eigenvalue weighted by atomic mass is 16.2. The van der Waals surface area contributed by atoms with Gasteiger partial charge in [0.1, 0.15) is 0 Å². The summed E-state index contributed by atoms with van der Waals surface area (Å²) in [5.74, 6) is -0.0958. The van der Waals surface area contributed by atoms with Crippen molar-refractivity contribution in [2.75, 3.05) is 36.8 Å². The van der Waals surface area contributed by atoms with Crippen LogP contribution in [0.15, 0.2) is 41.2 Å². The van der Waals surface area contributed by atoms with E-state index in [0.717, 1.165) is 26.2 Å². The van der Waals surface area contributed by atoms with Crippen molar-refractivity contribution in [1.82, 2.24) is 14.8 Å². The summed E-state index contributed by atoms with van der Waals surface area (Å²) in [7, 11) is 0. The topological polar surface area (TPSA) is 97.5 Å². The lowest BCUT2D eigenvalue weighted by atomic mass is 10.0. The molecule has 2 unspecified atom stereocenters. The number of aromatic nitrogens is 1. The van der Waals surface area contributed by atoms with Gasteiger partial charge in [-0.15, -0.1) is 0 Å². The quantitative estimate of drug-likeness (QED) is 0.352. The zero-order valence-corrected chi connectivity index (χ0v) is 23.2. The van der Waals surface area contributed by atoms with E-state index in [0.29, 0.717) is 58.1 Å². The molecule has 3 N–H and O–H groups in total. The van der Waals surface area contributed by atoms with Crippen molar-refractivity contribution in [3.8, 4) is 0 Å². The molecule has 3 aromatic rings. The minimum absolute atomic E-state index is 0.0479. The van der Waals surface area contributed by atoms with Crippen LogP contribution in [0, 0.1) is 0 Å². The highest BCUT2D eigenvalue weighted by Crippen LogP contribution is 2.22. The van der Waals surface area contributed by atoms with Gasteiger partial charge in [-0.25, -0.2) is 0 Å². The lowest BCUT2D eigenvalue weighted by Gasteiger charge is -2.33. The van der Waals surface area contributed by atoms with Crippen molar-refractivity contribution in [2.24, 2.45) is 0 Å². The van der Waals surface area contributed by atoms with Gasteiger partial charge < -0.3 is 25.4 Å². The lowest BCUT2D eigenvalue weighted by Crippen LogP contribution is -2.39. The second kappa shape index (κ2) is 12.3. The first kappa shape index (κ1) is 27.3. The standard InChI is InChI=1S/C31H41N5O3/c1-21-7-3-5-15-35(21)17-13-29(37)32-23-9-11-27-25(19-23)31(39)26-20-24(10-12-28(26)34-27)33-30(38)14-18-36-16-6-4-8-22(36)2/h9-12,19-22H,3-8,13-18H2,1-2H3,(H,32,37)(H,33,38)(H,34,39). The van der Waals surface area contributed by atoms with Gasteiger partial charge >= 0.3 is 0 Å². The molecule has 8 nitrogen and oxygen atoms in total. The highest BCUT2D eigenvalue weighted by molar-refractivity contribution is 5.99. The van der Waals surface area contributed by atoms with E-state index in [2.05, 4.69) is 39.3 Å². The third kappa shape index (κ3) is 6.68. The first-order chi connectivity index (χ1) is 18.9. The summed E-state index contributed by atoms with van der Waals surface area (Å²) in [6.07, 6.45) is 8.13. The molecule has 3 heterocycles. The fourth-order valence-corrected chi connectivity index (χ4v) is 6.04. The number of H-pyrrole nitrogens is 1. The Morgan fingerprint density at radius 3 is 1.67 bits per heavy atom. The summed E-state index contributed by atoms with van der Waals surface area (Å²) in [6, 6.07) is 11.8. The van der Waals surface area contributed by atoms with Gasteiger partial charge in [-0.2, -0.15) is 0 Å². The van der Waals surface area contributed by atoms with Crippen molar-refractivity contribution in [3.63, 3.8) is 0 Å². The number of carbonyl (C=O) groups excluding carboxylic acids is 2. The Kier molecular flexibility index (Phi) is 8.63. The fourth-order valence-electron chi connectivity index (χ4n) is 6.04. The second-order valence-corrected chi connectivity index (χ2v) is 11.3. The Labute approximate surface area is 230 Å². The molecule has 8 heteroatoms. The van der Waals surface area contributed by atoms with Crippen LogP contribution in [0.4, 0.5) is 11.4 Å². The molecule has 1 aromatic heterocycles. The fraction of sp³-hybridized carbons (Fsp3) is 0.516. The minimum Gasteiger partial charge on any atom is -0.354 e. The number of nitrogens with one attached hydrogen (secondary N) is 3. The van der Waals surface area contributed by atoms with Crippen LogP contribution in [-0.2, 0) is 9.59 Å². The van der Waals surface area contributed by atoms with Crippen molar-refractivity contribution in [1.29, 1.82) is 0 Å². The first-order valence-corrected chi connectivity index (χ1v) is 14.5. The Bertz CT molecular complexity index is 1300. The number of aromatic amines is 1. The van der Waals surface area contributed by atoms with Crippen LogP contribution in [0.1, 0.15) is 65.2 Å². The molecule has 2 aliphatic rings. The number of piperidine rings is 2. The van der Waals surface area contributed by atoms with Gasteiger partial charge in [-0.3, -0.25) is 14.4 Å². The van der Waals surface area contributed by atoms with Gasteiger partial charge in [0.05, 0.1) is 0 Å². The molecule has 5 rings (SSSR count). The molecule has 39 heavy (non-hydrogen) atoms. The largest absolute Gasteiger partial charge is 0.354 e. The van der Waals surface area contributed by atoms with E-state index >= 15 is 0 Å². The maximum Gasteiger partial charge on any atom is 0.225 e. The summed E-state index contributed by atoms with van der Waals surface area (Å²) >= 11 is 0. The number of fused-ring (bicyclic) bond motifs is 2. The van der Waals surface area contributed by atoms with Crippen LogP contribution in [-0.4, -0.2) is 64.9 Å². The Morgan fingerprint density at radius 1 is 0.769 bits per heavy atom. The number of rotatable bonds is 8. The molecule has 2 saturated heterocycles. The van der Waals surface area contributed by atoms with Crippen molar-refractivity contribution in [2.45, 2.75) is 77.3 Å². The molecule has 2 atom stereocenters. The van der Waals surface area contributed by atoms with Crippen molar-refractivity contribution in [3.05, 3.63) is 46.6 Å². The number of carbonyl (C=O) groups is 2. The van der Waals surface area contributed by atoms with E-state index in [1.807, 2.05) is 24.3 Å². The summed E-state index contributed by atoms with van der Waals surface area (Å²) in [5, 5.41) is 6.95. The van der Waals surface area contributed by atoms with E-state index in [1.165, 1.54) is 38.5 Å². The molecule has 0 saturated carbocycles. The third-order valence-corrected chi connectivity index (χ3v) is 8.50. The van der Waals surface area contributed by atoms with E-state index in [4.69, 9.17) is 0 Å². The van der Waals surface area contributed by atoms with Crippen LogP contribution >= 0.6 is 0 Å². The van der Waals surface area contributed by atoms with Crippen molar-refractivity contribution < 1.29 is 9.59 Å². The van der Waals surface area contributed by atoms with Gasteiger partial charge in [-0.1, -0.05) is 12.8 Å². The van der Waals surface area contributed by atoms with Crippen LogP contribution in [0.3, 0.4) is 0 Å². The molecule has 2 amide bonds. The third-order valence-electron chi connectivity index (χ3n) is 8.50. The number of nitrogens with zero attached hydrogens (tertiary/aromatic N) is 2. The molecular formula is C31H41N5O3. The maximum absolute atomic E-state index is 13.4. The molecule has 0 spiro atoms. The Balaban J connectivity index is 1.25. The van der Waals surface area contributed by atoms with Crippen molar-refractivity contribution >= 4 is 45.0 Å². The van der Waals surface area contributed by atoms with Gasteiger partial charge in [-0.05, 0) is 89.0 Å². The molecule has 2 aliphatic heterocycles. The maximum atomic E-state index is 13.4. The molecule has 0 aliphatic carbocycles. The predicted octanol–water partition coefficient (Wildman–Crippen LogP) is 5.09. The zero-order chi connectivity index (χ0) is 27.4.